The topological polar surface area (TPSA) is 34.0 Å². The molecule has 3 heterocycles. The van der Waals surface area contributed by atoms with Gasteiger partial charge >= 0.3 is 0 Å². The molecule has 21 heavy (non-hydrogen) atoms. The number of rotatable bonds is 6. The molecule has 0 bridgehead atoms. The van der Waals surface area contributed by atoms with E-state index in [0.717, 1.165) is 41.9 Å². The van der Waals surface area contributed by atoms with Crippen LogP contribution in [0.1, 0.15) is 30.7 Å². The molecule has 0 spiro atoms. The van der Waals surface area contributed by atoms with E-state index in [2.05, 4.69) is 27.4 Å². The standard InChI is InChI=1S/C16H23ClN4/c1-13-11-14-16(18-12-13)21(15(19-14)5-6-17)10-4-9-20-7-2-3-8-20/h11-12H,2-10H2,1H3. The van der Waals surface area contributed by atoms with Crippen molar-refractivity contribution in [3.8, 4) is 0 Å². The van der Waals surface area contributed by atoms with E-state index in [9.17, 15) is 0 Å². The van der Waals surface area contributed by atoms with Crippen LogP contribution in [0.5, 0.6) is 0 Å². The molecule has 114 valence electrons. The number of fused-ring (bicyclic) bond motifs is 1. The molecule has 1 aliphatic heterocycles. The Kier molecular flexibility index (Phi) is 4.76. The summed E-state index contributed by atoms with van der Waals surface area (Å²) in [7, 11) is 0. The molecule has 0 aliphatic carbocycles. The summed E-state index contributed by atoms with van der Waals surface area (Å²) in [5, 5.41) is 0. The zero-order valence-corrected chi connectivity index (χ0v) is 13.4. The molecule has 1 aliphatic rings. The molecular formula is C16H23ClN4. The zero-order valence-electron chi connectivity index (χ0n) is 12.7. The Morgan fingerprint density at radius 1 is 1.24 bits per heavy atom. The lowest BCUT2D eigenvalue weighted by atomic mass is 10.3. The highest BCUT2D eigenvalue weighted by Crippen LogP contribution is 2.17. The van der Waals surface area contributed by atoms with Crippen molar-refractivity contribution in [2.75, 3.05) is 25.5 Å². The summed E-state index contributed by atoms with van der Waals surface area (Å²) < 4.78 is 2.26. The zero-order chi connectivity index (χ0) is 14.7. The van der Waals surface area contributed by atoms with Crippen LogP contribution in [0.15, 0.2) is 12.3 Å². The van der Waals surface area contributed by atoms with E-state index in [-0.39, 0.29) is 0 Å². The van der Waals surface area contributed by atoms with Crippen LogP contribution in [0.3, 0.4) is 0 Å². The lowest BCUT2D eigenvalue weighted by molar-refractivity contribution is 0.325. The Labute approximate surface area is 131 Å². The first-order valence-corrected chi connectivity index (χ1v) is 8.41. The molecule has 5 heteroatoms. The Bertz CT molecular complexity index is 602. The third kappa shape index (κ3) is 3.38. The van der Waals surface area contributed by atoms with E-state index in [1.807, 2.05) is 6.20 Å². The van der Waals surface area contributed by atoms with Crippen LogP contribution in [-0.4, -0.2) is 44.9 Å². The van der Waals surface area contributed by atoms with E-state index in [0.29, 0.717) is 5.88 Å². The van der Waals surface area contributed by atoms with Crippen molar-refractivity contribution in [2.24, 2.45) is 0 Å². The predicted octanol–water partition coefficient (Wildman–Crippen LogP) is 3.01. The number of likely N-dealkylation sites (tertiary alicyclic amines) is 1. The molecule has 0 N–H and O–H groups in total. The molecule has 1 saturated heterocycles. The average molecular weight is 307 g/mol. The van der Waals surface area contributed by atoms with E-state index < -0.39 is 0 Å². The SMILES string of the molecule is Cc1cnc2c(c1)nc(CCCl)n2CCCN1CCCC1. The number of alkyl halides is 1. The third-order valence-corrected chi connectivity index (χ3v) is 4.36. The van der Waals surface area contributed by atoms with Crippen LogP contribution >= 0.6 is 11.6 Å². The molecule has 0 aromatic carbocycles. The van der Waals surface area contributed by atoms with Gasteiger partial charge in [0.05, 0.1) is 0 Å². The van der Waals surface area contributed by atoms with Crippen LogP contribution in [0.4, 0.5) is 0 Å². The van der Waals surface area contributed by atoms with E-state index in [1.165, 1.54) is 32.5 Å². The van der Waals surface area contributed by atoms with Crippen LogP contribution in [0.2, 0.25) is 0 Å². The van der Waals surface area contributed by atoms with Gasteiger partial charge in [-0.15, -0.1) is 11.6 Å². The molecule has 2 aromatic rings. The smallest absolute Gasteiger partial charge is 0.160 e. The third-order valence-electron chi connectivity index (χ3n) is 4.17. The Hall–Kier alpha value is -1.13. The van der Waals surface area contributed by atoms with Gasteiger partial charge in [0.2, 0.25) is 0 Å². The molecule has 0 saturated carbocycles. The van der Waals surface area contributed by atoms with Crippen molar-refractivity contribution >= 4 is 22.8 Å². The Morgan fingerprint density at radius 2 is 2.05 bits per heavy atom. The minimum Gasteiger partial charge on any atom is -0.313 e. The van der Waals surface area contributed by atoms with Gasteiger partial charge in [-0.2, -0.15) is 0 Å². The van der Waals surface area contributed by atoms with Crippen LogP contribution < -0.4 is 0 Å². The lowest BCUT2D eigenvalue weighted by Crippen LogP contribution is -2.22. The van der Waals surface area contributed by atoms with Gasteiger partial charge in [-0.05, 0) is 57.5 Å². The number of halogens is 1. The molecular weight excluding hydrogens is 284 g/mol. The molecule has 3 rings (SSSR count). The molecule has 0 amide bonds. The molecule has 1 fully saturated rings. The summed E-state index contributed by atoms with van der Waals surface area (Å²) in [6, 6.07) is 2.11. The first kappa shape index (κ1) is 14.8. The van der Waals surface area contributed by atoms with Crippen molar-refractivity contribution < 1.29 is 0 Å². The van der Waals surface area contributed by atoms with Gasteiger partial charge in [0.25, 0.3) is 0 Å². The van der Waals surface area contributed by atoms with Crippen LogP contribution in [-0.2, 0) is 13.0 Å². The van der Waals surface area contributed by atoms with Gasteiger partial charge in [-0.1, -0.05) is 0 Å². The summed E-state index contributed by atoms with van der Waals surface area (Å²) in [6.45, 7) is 6.73. The number of hydrogen-bond donors (Lipinski definition) is 0. The Balaban J connectivity index is 1.76. The molecule has 0 unspecified atom stereocenters. The fourth-order valence-corrected chi connectivity index (χ4v) is 3.30. The number of imidazole rings is 1. The monoisotopic (exact) mass is 306 g/mol. The minimum absolute atomic E-state index is 0.606. The molecule has 2 aromatic heterocycles. The van der Waals surface area contributed by atoms with Crippen molar-refractivity contribution in [1.29, 1.82) is 0 Å². The second kappa shape index (κ2) is 6.75. The van der Waals surface area contributed by atoms with Crippen molar-refractivity contribution in [3.05, 3.63) is 23.7 Å². The quantitative estimate of drug-likeness (QED) is 0.769. The maximum atomic E-state index is 5.92. The fraction of sp³-hybridized carbons (Fsp3) is 0.625. The Morgan fingerprint density at radius 3 is 2.81 bits per heavy atom. The van der Waals surface area contributed by atoms with Gasteiger partial charge in [-0.3, -0.25) is 0 Å². The van der Waals surface area contributed by atoms with Crippen molar-refractivity contribution in [1.82, 2.24) is 19.4 Å². The minimum atomic E-state index is 0.606. The normalized spacial score (nSPS) is 16.1. The first-order valence-electron chi connectivity index (χ1n) is 7.88. The van der Waals surface area contributed by atoms with Crippen molar-refractivity contribution in [3.63, 3.8) is 0 Å². The van der Waals surface area contributed by atoms with Crippen LogP contribution in [0.25, 0.3) is 11.2 Å². The summed E-state index contributed by atoms with van der Waals surface area (Å²) in [5.41, 5.74) is 3.15. The van der Waals surface area contributed by atoms with E-state index >= 15 is 0 Å². The van der Waals surface area contributed by atoms with Gasteiger partial charge in [0, 0.05) is 25.0 Å². The highest BCUT2D eigenvalue weighted by atomic mass is 35.5. The second-order valence-corrected chi connectivity index (χ2v) is 6.25. The maximum absolute atomic E-state index is 5.92. The lowest BCUT2D eigenvalue weighted by Gasteiger charge is -2.15. The molecule has 0 radical (unpaired) electrons. The number of nitrogens with zero attached hydrogens (tertiary/aromatic N) is 4. The van der Waals surface area contributed by atoms with E-state index in [1.54, 1.807) is 0 Å². The largest absolute Gasteiger partial charge is 0.313 e. The van der Waals surface area contributed by atoms with E-state index in [4.69, 9.17) is 16.6 Å². The fourth-order valence-electron chi connectivity index (χ4n) is 3.13. The molecule has 0 atom stereocenters. The molecule has 4 nitrogen and oxygen atoms in total. The summed E-state index contributed by atoms with van der Waals surface area (Å²) >= 11 is 5.92. The van der Waals surface area contributed by atoms with Gasteiger partial charge in [-0.25, -0.2) is 9.97 Å². The summed E-state index contributed by atoms with van der Waals surface area (Å²) in [5.74, 6) is 1.67. The number of aromatic nitrogens is 3. The van der Waals surface area contributed by atoms with Crippen molar-refractivity contribution in [2.45, 2.75) is 39.2 Å². The second-order valence-electron chi connectivity index (χ2n) is 5.88. The van der Waals surface area contributed by atoms with Gasteiger partial charge in [0.15, 0.2) is 5.65 Å². The van der Waals surface area contributed by atoms with Crippen LogP contribution in [0, 0.1) is 6.92 Å². The summed E-state index contributed by atoms with van der Waals surface area (Å²) in [6.07, 6.45) is 6.58. The first-order chi connectivity index (χ1) is 10.3. The highest BCUT2D eigenvalue weighted by molar-refractivity contribution is 6.17. The maximum Gasteiger partial charge on any atom is 0.160 e. The summed E-state index contributed by atoms with van der Waals surface area (Å²) in [4.78, 5) is 11.8. The number of pyridine rings is 1. The average Bonchev–Trinajstić information content (AvgIpc) is 3.08. The highest BCUT2D eigenvalue weighted by Gasteiger charge is 2.14. The predicted molar refractivity (Wildman–Crippen MR) is 87.0 cm³/mol. The number of aryl methyl sites for hydroxylation is 3. The number of hydrogen-bond acceptors (Lipinski definition) is 3. The van der Waals surface area contributed by atoms with Gasteiger partial charge in [0.1, 0.15) is 11.3 Å². The van der Waals surface area contributed by atoms with Gasteiger partial charge < -0.3 is 9.47 Å².